The van der Waals surface area contributed by atoms with Crippen molar-refractivity contribution in [2.75, 3.05) is 0 Å². The molecule has 0 fully saturated rings. The van der Waals surface area contributed by atoms with Crippen molar-refractivity contribution in [2.24, 2.45) is 0 Å². The Morgan fingerprint density at radius 2 is 2.29 bits per heavy atom. The third kappa shape index (κ3) is 2.21. The molecule has 0 aromatic heterocycles. The second kappa shape index (κ2) is 3.66. The second-order valence-corrected chi connectivity index (χ2v) is 1.42. The fourth-order valence-corrected chi connectivity index (χ4v) is 0.466. The van der Waals surface area contributed by atoms with Crippen molar-refractivity contribution in [1.29, 1.82) is 0 Å². The van der Waals surface area contributed by atoms with Gasteiger partial charge in [0.25, 0.3) is 0 Å². The molecule has 0 aromatic carbocycles. The molecule has 0 atom stereocenters. The van der Waals surface area contributed by atoms with Gasteiger partial charge in [0.15, 0.2) is 0 Å². The van der Waals surface area contributed by atoms with Gasteiger partial charge in [-0.25, -0.2) is 0 Å². The summed E-state index contributed by atoms with van der Waals surface area (Å²) in [5.74, 6) is 0. The van der Waals surface area contributed by atoms with Gasteiger partial charge in [0, 0.05) is 0 Å². The fraction of sp³-hybridized carbons (Fsp3) is 0.429. The van der Waals surface area contributed by atoms with Crippen LogP contribution in [0.4, 0.5) is 0 Å². The molecule has 0 heteroatoms. The van der Waals surface area contributed by atoms with Gasteiger partial charge in [0.1, 0.15) is 0 Å². The van der Waals surface area contributed by atoms with Gasteiger partial charge in [-0.05, 0) is 13.3 Å². The van der Waals surface area contributed by atoms with Gasteiger partial charge in [-0.3, -0.25) is 0 Å². The summed E-state index contributed by atoms with van der Waals surface area (Å²) in [6, 6.07) is 0. The highest BCUT2D eigenvalue weighted by Gasteiger charge is 1.77. The molecule has 0 aliphatic heterocycles. The zero-order valence-corrected chi connectivity index (χ0v) is 5.07. The molecule has 0 N–H and O–H groups in total. The van der Waals surface area contributed by atoms with E-state index in [4.69, 9.17) is 0 Å². The lowest BCUT2D eigenvalue weighted by Gasteiger charge is -1.88. The van der Waals surface area contributed by atoms with Crippen molar-refractivity contribution >= 4 is 0 Å². The van der Waals surface area contributed by atoms with E-state index in [0.717, 1.165) is 6.42 Å². The average molecular weight is 96.2 g/mol. The van der Waals surface area contributed by atoms with E-state index in [1.54, 1.807) is 0 Å². The van der Waals surface area contributed by atoms with E-state index in [-0.39, 0.29) is 0 Å². The lowest BCUT2D eigenvalue weighted by atomic mass is 10.2. The van der Waals surface area contributed by atoms with E-state index in [2.05, 4.69) is 19.6 Å². The molecule has 0 spiro atoms. The molecule has 0 nitrogen and oxygen atoms in total. The van der Waals surface area contributed by atoms with Crippen LogP contribution < -0.4 is 0 Å². The molecule has 0 radical (unpaired) electrons. The van der Waals surface area contributed by atoms with Crippen LogP contribution in [0.15, 0.2) is 24.3 Å². The Balaban J connectivity index is 3.60. The summed E-state index contributed by atoms with van der Waals surface area (Å²) in [4.78, 5) is 0. The Morgan fingerprint density at radius 3 is 2.29 bits per heavy atom. The van der Waals surface area contributed by atoms with Crippen molar-refractivity contribution in [2.45, 2.75) is 20.3 Å². The van der Waals surface area contributed by atoms with Crippen LogP contribution in [0.25, 0.3) is 0 Å². The lowest BCUT2D eigenvalue weighted by molar-refractivity contribution is 1.14. The molecule has 0 aliphatic carbocycles. The third-order valence-corrected chi connectivity index (χ3v) is 1.04. The maximum atomic E-state index is 3.63. The molecule has 0 rings (SSSR count). The summed E-state index contributed by atoms with van der Waals surface area (Å²) in [7, 11) is 0. The Bertz CT molecular complexity index is 78.0. The molecule has 0 aliphatic rings. The van der Waals surface area contributed by atoms with Gasteiger partial charge in [0.2, 0.25) is 0 Å². The average Bonchev–Trinajstić information content (AvgIpc) is 1.72. The van der Waals surface area contributed by atoms with Gasteiger partial charge in [0.05, 0.1) is 0 Å². The SMILES string of the molecule is C=C/C(=C/C)CC. The fourth-order valence-electron chi connectivity index (χ4n) is 0.466. The first-order chi connectivity index (χ1) is 3.35. The minimum Gasteiger partial charge on any atom is -0.0988 e. The summed E-state index contributed by atoms with van der Waals surface area (Å²) in [5, 5.41) is 0. The molecular formula is C7H12. The normalized spacial score (nSPS) is 11.4. The first-order valence-electron chi connectivity index (χ1n) is 2.62. The third-order valence-electron chi connectivity index (χ3n) is 1.04. The van der Waals surface area contributed by atoms with Gasteiger partial charge >= 0.3 is 0 Å². The van der Waals surface area contributed by atoms with E-state index < -0.39 is 0 Å². The predicted octanol–water partition coefficient (Wildman–Crippen LogP) is 2.53. The van der Waals surface area contributed by atoms with Gasteiger partial charge in [-0.2, -0.15) is 0 Å². The molecule has 0 bridgehead atoms. The van der Waals surface area contributed by atoms with E-state index in [0.29, 0.717) is 0 Å². The molecule has 0 aromatic rings. The smallest absolute Gasteiger partial charge is 0.0311 e. The zero-order chi connectivity index (χ0) is 5.70. The highest BCUT2D eigenvalue weighted by molar-refractivity contribution is 5.13. The first kappa shape index (κ1) is 6.48. The maximum Gasteiger partial charge on any atom is -0.0311 e. The van der Waals surface area contributed by atoms with Crippen molar-refractivity contribution < 1.29 is 0 Å². The Kier molecular flexibility index (Phi) is 3.39. The van der Waals surface area contributed by atoms with E-state index in [9.17, 15) is 0 Å². The molecular weight excluding hydrogens is 84.1 g/mol. The van der Waals surface area contributed by atoms with Crippen LogP contribution in [-0.2, 0) is 0 Å². The number of allylic oxidation sites excluding steroid dienone is 3. The van der Waals surface area contributed by atoms with Crippen LogP contribution in [0.2, 0.25) is 0 Å². The number of hydrogen-bond donors (Lipinski definition) is 0. The van der Waals surface area contributed by atoms with Crippen molar-refractivity contribution in [3.05, 3.63) is 24.3 Å². The van der Waals surface area contributed by atoms with Crippen molar-refractivity contribution in [1.82, 2.24) is 0 Å². The zero-order valence-electron chi connectivity index (χ0n) is 5.07. The van der Waals surface area contributed by atoms with Crippen LogP contribution in [0, 0.1) is 0 Å². The summed E-state index contributed by atoms with van der Waals surface area (Å²) < 4.78 is 0. The molecule has 0 unspecified atom stereocenters. The molecule has 0 heterocycles. The number of hydrogen-bond acceptors (Lipinski definition) is 0. The summed E-state index contributed by atoms with van der Waals surface area (Å²) in [6.45, 7) is 7.78. The van der Waals surface area contributed by atoms with Crippen LogP contribution in [0.3, 0.4) is 0 Å². The molecule has 0 amide bonds. The van der Waals surface area contributed by atoms with E-state index >= 15 is 0 Å². The monoisotopic (exact) mass is 96.1 g/mol. The van der Waals surface area contributed by atoms with Crippen molar-refractivity contribution in [3.8, 4) is 0 Å². The second-order valence-electron chi connectivity index (χ2n) is 1.42. The summed E-state index contributed by atoms with van der Waals surface area (Å²) in [6.07, 6.45) is 5.06. The van der Waals surface area contributed by atoms with E-state index in [1.165, 1.54) is 5.57 Å². The van der Waals surface area contributed by atoms with Crippen LogP contribution in [0.5, 0.6) is 0 Å². The minimum atomic E-state index is 1.10. The summed E-state index contributed by atoms with van der Waals surface area (Å²) >= 11 is 0. The largest absolute Gasteiger partial charge is 0.0988 e. The molecule has 7 heavy (non-hydrogen) atoms. The minimum absolute atomic E-state index is 1.10. The Hall–Kier alpha value is -0.520. The van der Waals surface area contributed by atoms with E-state index in [1.807, 2.05) is 13.0 Å². The standard InChI is InChI=1S/C7H12/c1-4-7(5-2)6-3/h4-5H,1,6H2,2-3H3/b7-5-. The van der Waals surface area contributed by atoms with Crippen LogP contribution >= 0.6 is 0 Å². The molecule has 0 saturated carbocycles. The Labute approximate surface area is 45.5 Å². The highest BCUT2D eigenvalue weighted by Crippen LogP contribution is 1.98. The van der Waals surface area contributed by atoms with Gasteiger partial charge in [-0.15, -0.1) is 0 Å². The highest BCUT2D eigenvalue weighted by atomic mass is 13.8. The van der Waals surface area contributed by atoms with Crippen LogP contribution in [0.1, 0.15) is 20.3 Å². The van der Waals surface area contributed by atoms with Gasteiger partial charge < -0.3 is 0 Å². The topological polar surface area (TPSA) is 0 Å². The molecule has 0 saturated heterocycles. The van der Waals surface area contributed by atoms with Crippen LogP contribution in [-0.4, -0.2) is 0 Å². The van der Waals surface area contributed by atoms with Gasteiger partial charge in [-0.1, -0.05) is 31.2 Å². The first-order valence-corrected chi connectivity index (χ1v) is 2.62. The summed E-state index contributed by atoms with van der Waals surface area (Å²) in [5.41, 5.74) is 1.32. The maximum absolute atomic E-state index is 3.63. The predicted molar refractivity (Wildman–Crippen MR) is 34.2 cm³/mol. The van der Waals surface area contributed by atoms with Crippen molar-refractivity contribution in [3.63, 3.8) is 0 Å². The quantitative estimate of drug-likeness (QED) is 0.463. The lowest BCUT2D eigenvalue weighted by Crippen LogP contribution is -1.67. The Morgan fingerprint density at radius 1 is 1.71 bits per heavy atom. The molecule has 40 valence electrons. The number of rotatable bonds is 2.